The molecule has 1 aromatic rings. The fourth-order valence-electron chi connectivity index (χ4n) is 1.30. The van der Waals surface area contributed by atoms with Crippen molar-refractivity contribution >= 4 is 6.41 Å². The van der Waals surface area contributed by atoms with Gasteiger partial charge in [-0.2, -0.15) is 0 Å². The third-order valence-electron chi connectivity index (χ3n) is 1.86. The summed E-state index contributed by atoms with van der Waals surface area (Å²) in [4.78, 5) is 16.2. The van der Waals surface area contributed by atoms with Crippen molar-refractivity contribution in [1.82, 2.24) is 9.88 Å². The van der Waals surface area contributed by atoms with E-state index in [2.05, 4.69) is 4.98 Å². The molecule has 0 N–H and O–H groups in total. The van der Waals surface area contributed by atoms with Gasteiger partial charge in [0.25, 0.3) is 0 Å². The van der Waals surface area contributed by atoms with Gasteiger partial charge in [-0.25, -0.2) is 0 Å². The molecule has 0 saturated heterocycles. The average molecular weight is 148 g/mol. The molecule has 0 unspecified atom stereocenters. The smallest absolute Gasteiger partial charge is 0.210 e. The monoisotopic (exact) mass is 148 g/mol. The first-order valence-corrected chi connectivity index (χ1v) is 3.52. The minimum absolute atomic E-state index is 0.666. The Balaban J connectivity index is 2.33. The van der Waals surface area contributed by atoms with Gasteiger partial charge in [0.1, 0.15) is 0 Å². The molecule has 0 aromatic carbocycles. The fraction of sp³-hybridized carbons (Fsp3) is 0.250. The third kappa shape index (κ3) is 0.981. The van der Waals surface area contributed by atoms with Crippen molar-refractivity contribution in [1.29, 1.82) is 0 Å². The molecule has 11 heavy (non-hydrogen) atoms. The second kappa shape index (κ2) is 2.34. The molecule has 0 fully saturated rings. The minimum atomic E-state index is 0.666. The molecule has 0 atom stereocenters. The van der Waals surface area contributed by atoms with Crippen molar-refractivity contribution in [2.45, 2.75) is 13.1 Å². The maximum Gasteiger partial charge on any atom is 0.210 e. The molecule has 1 aliphatic heterocycles. The van der Waals surface area contributed by atoms with Gasteiger partial charge in [0, 0.05) is 12.7 Å². The number of nitrogens with zero attached hydrogens (tertiary/aromatic N) is 2. The third-order valence-corrected chi connectivity index (χ3v) is 1.86. The van der Waals surface area contributed by atoms with E-state index in [1.54, 1.807) is 11.1 Å². The lowest BCUT2D eigenvalue weighted by Crippen LogP contribution is -2.12. The van der Waals surface area contributed by atoms with Gasteiger partial charge in [-0.15, -0.1) is 0 Å². The van der Waals surface area contributed by atoms with E-state index in [4.69, 9.17) is 0 Å². The number of hydrogen-bond acceptors (Lipinski definition) is 2. The van der Waals surface area contributed by atoms with Gasteiger partial charge in [-0.3, -0.25) is 9.78 Å². The van der Waals surface area contributed by atoms with Crippen LogP contribution >= 0.6 is 0 Å². The predicted octanol–water partition coefficient (Wildman–Crippen LogP) is 0.554. The first-order valence-electron chi connectivity index (χ1n) is 3.52. The highest BCUT2D eigenvalue weighted by Crippen LogP contribution is 2.17. The van der Waals surface area contributed by atoms with Crippen LogP contribution in [0.5, 0.6) is 0 Å². The maximum absolute atomic E-state index is 10.4. The summed E-state index contributed by atoms with van der Waals surface area (Å²) in [6, 6.07) is 3.90. The molecule has 1 aromatic heterocycles. The summed E-state index contributed by atoms with van der Waals surface area (Å²) in [7, 11) is 0. The topological polar surface area (TPSA) is 33.2 Å². The molecule has 0 saturated carbocycles. The highest BCUT2D eigenvalue weighted by molar-refractivity contribution is 5.49. The summed E-state index contributed by atoms with van der Waals surface area (Å²) in [6.45, 7) is 1.38. The first-order chi connectivity index (χ1) is 5.40. The van der Waals surface area contributed by atoms with Crippen LogP contribution in [0.15, 0.2) is 18.3 Å². The van der Waals surface area contributed by atoms with Gasteiger partial charge < -0.3 is 4.90 Å². The zero-order valence-corrected chi connectivity index (χ0v) is 6.03. The van der Waals surface area contributed by atoms with E-state index in [1.165, 1.54) is 5.56 Å². The lowest BCUT2D eigenvalue weighted by molar-refractivity contribution is -0.118. The van der Waals surface area contributed by atoms with Crippen LogP contribution in [0.2, 0.25) is 0 Å². The lowest BCUT2D eigenvalue weighted by atomic mass is 10.2. The SMILES string of the molecule is O=CN1Cc2cccnc2C1. The van der Waals surface area contributed by atoms with Gasteiger partial charge in [-0.05, 0) is 11.6 Å². The molecule has 2 rings (SSSR count). The molecule has 56 valence electrons. The zero-order valence-electron chi connectivity index (χ0n) is 6.03. The maximum atomic E-state index is 10.4. The molecule has 3 nitrogen and oxygen atoms in total. The van der Waals surface area contributed by atoms with Gasteiger partial charge in [0.05, 0.1) is 12.2 Å². The highest BCUT2D eigenvalue weighted by atomic mass is 16.1. The van der Waals surface area contributed by atoms with E-state index < -0.39 is 0 Å². The van der Waals surface area contributed by atoms with E-state index in [9.17, 15) is 4.79 Å². The Morgan fingerprint density at radius 1 is 1.55 bits per heavy atom. The van der Waals surface area contributed by atoms with Gasteiger partial charge >= 0.3 is 0 Å². The Kier molecular flexibility index (Phi) is 1.35. The van der Waals surface area contributed by atoms with E-state index in [0.717, 1.165) is 12.1 Å². The van der Waals surface area contributed by atoms with Gasteiger partial charge in [0.15, 0.2) is 0 Å². The standard InChI is InChI=1S/C8H8N2O/c11-6-10-4-7-2-1-3-9-8(7)5-10/h1-3,6H,4-5H2. The minimum Gasteiger partial charge on any atom is -0.335 e. The molecule has 0 spiro atoms. The Hall–Kier alpha value is -1.38. The molecule has 1 amide bonds. The number of rotatable bonds is 1. The molecule has 1 aliphatic rings. The molecule has 0 radical (unpaired) electrons. The molecular weight excluding hydrogens is 140 g/mol. The quantitative estimate of drug-likeness (QED) is 0.545. The van der Waals surface area contributed by atoms with Crippen LogP contribution in [-0.4, -0.2) is 16.3 Å². The van der Waals surface area contributed by atoms with Crippen LogP contribution in [0.25, 0.3) is 0 Å². The van der Waals surface area contributed by atoms with E-state index >= 15 is 0 Å². The molecule has 2 heterocycles. The van der Waals surface area contributed by atoms with Crippen molar-refractivity contribution in [2.24, 2.45) is 0 Å². The van der Waals surface area contributed by atoms with Crippen LogP contribution in [0.1, 0.15) is 11.3 Å². The number of fused-ring (bicyclic) bond motifs is 1. The molecule has 0 aliphatic carbocycles. The molecule has 3 heteroatoms. The second-order valence-electron chi connectivity index (χ2n) is 2.62. The predicted molar refractivity (Wildman–Crippen MR) is 39.5 cm³/mol. The van der Waals surface area contributed by atoms with Crippen LogP contribution in [-0.2, 0) is 17.9 Å². The first kappa shape index (κ1) is 6.34. The lowest BCUT2D eigenvalue weighted by Gasteiger charge is -2.03. The van der Waals surface area contributed by atoms with Crippen LogP contribution < -0.4 is 0 Å². The summed E-state index contributed by atoms with van der Waals surface area (Å²) in [5, 5.41) is 0. The van der Waals surface area contributed by atoms with E-state index in [-0.39, 0.29) is 0 Å². The number of hydrogen-bond donors (Lipinski definition) is 0. The normalized spacial score (nSPS) is 14.7. The van der Waals surface area contributed by atoms with Crippen molar-refractivity contribution in [3.8, 4) is 0 Å². The Labute approximate surface area is 64.7 Å². The van der Waals surface area contributed by atoms with Crippen LogP contribution in [0.4, 0.5) is 0 Å². The highest BCUT2D eigenvalue weighted by Gasteiger charge is 2.16. The number of amides is 1. The van der Waals surface area contributed by atoms with Crippen molar-refractivity contribution < 1.29 is 4.79 Å². The van der Waals surface area contributed by atoms with Crippen LogP contribution in [0.3, 0.4) is 0 Å². The van der Waals surface area contributed by atoms with Crippen molar-refractivity contribution in [3.05, 3.63) is 29.6 Å². The molecular formula is C8H8N2O. The fourth-order valence-corrected chi connectivity index (χ4v) is 1.30. The summed E-state index contributed by atoms with van der Waals surface area (Å²) in [5.74, 6) is 0. The largest absolute Gasteiger partial charge is 0.335 e. The summed E-state index contributed by atoms with van der Waals surface area (Å²) >= 11 is 0. The number of carbonyl (C=O) groups excluding carboxylic acids is 1. The number of pyridine rings is 1. The Morgan fingerprint density at radius 2 is 2.45 bits per heavy atom. The van der Waals surface area contributed by atoms with E-state index in [0.29, 0.717) is 13.1 Å². The summed E-state index contributed by atoms with van der Waals surface area (Å²) < 4.78 is 0. The zero-order chi connectivity index (χ0) is 7.68. The van der Waals surface area contributed by atoms with Crippen molar-refractivity contribution in [2.75, 3.05) is 0 Å². The summed E-state index contributed by atoms with van der Waals surface area (Å²) in [6.07, 6.45) is 2.62. The van der Waals surface area contributed by atoms with Crippen molar-refractivity contribution in [3.63, 3.8) is 0 Å². The number of aromatic nitrogens is 1. The van der Waals surface area contributed by atoms with Gasteiger partial charge in [0.2, 0.25) is 6.41 Å². The summed E-state index contributed by atoms with van der Waals surface area (Å²) in [5.41, 5.74) is 2.19. The Morgan fingerprint density at radius 3 is 3.18 bits per heavy atom. The van der Waals surface area contributed by atoms with Crippen LogP contribution in [0, 0.1) is 0 Å². The number of carbonyl (C=O) groups is 1. The van der Waals surface area contributed by atoms with Gasteiger partial charge in [-0.1, -0.05) is 6.07 Å². The average Bonchev–Trinajstić information content (AvgIpc) is 2.46. The second-order valence-corrected chi connectivity index (χ2v) is 2.62. The molecule has 0 bridgehead atoms. The van der Waals surface area contributed by atoms with E-state index in [1.807, 2.05) is 12.1 Å². The Bertz CT molecular complexity index is 260.